The number of carbonyl (C=O) groups excluding carboxylic acids is 1. The maximum absolute atomic E-state index is 11.6. The monoisotopic (exact) mass is 301 g/mol. The van der Waals surface area contributed by atoms with Crippen molar-refractivity contribution in [1.29, 1.82) is 0 Å². The summed E-state index contributed by atoms with van der Waals surface area (Å²) in [5.74, 6) is -0.214. The highest BCUT2D eigenvalue weighted by Gasteiger charge is 1.99. The smallest absolute Gasteiger partial charge is 0.259 e. The minimum absolute atomic E-state index is 0.163. The quantitative estimate of drug-likeness (QED) is 0.658. The summed E-state index contributed by atoms with van der Waals surface area (Å²) in [7, 11) is 0. The molecule has 0 spiro atoms. The molecule has 108 valence electrons. The fraction of sp³-hybridized carbons (Fsp3) is 0.125. The van der Waals surface area contributed by atoms with E-state index in [4.69, 9.17) is 11.6 Å². The number of rotatable bonds is 5. The second-order valence-corrected chi connectivity index (χ2v) is 5.00. The predicted octanol–water partition coefficient (Wildman–Crippen LogP) is 3.21. The molecule has 0 saturated carbocycles. The molecule has 0 radical (unpaired) electrons. The van der Waals surface area contributed by atoms with Crippen molar-refractivity contribution >= 4 is 29.4 Å². The van der Waals surface area contributed by atoms with Crippen LogP contribution in [0, 0.1) is 6.92 Å². The van der Waals surface area contributed by atoms with Gasteiger partial charge in [0.25, 0.3) is 5.91 Å². The van der Waals surface area contributed by atoms with Crippen LogP contribution in [0.5, 0.6) is 0 Å². The number of anilines is 1. The first-order chi connectivity index (χ1) is 10.1. The summed E-state index contributed by atoms with van der Waals surface area (Å²) in [4.78, 5) is 11.6. The Balaban J connectivity index is 1.78. The van der Waals surface area contributed by atoms with E-state index in [-0.39, 0.29) is 12.5 Å². The van der Waals surface area contributed by atoms with Crippen LogP contribution in [0.2, 0.25) is 5.02 Å². The fourth-order valence-electron chi connectivity index (χ4n) is 1.66. The van der Waals surface area contributed by atoms with E-state index in [9.17, 15) is 4.79 Å². The Morgan fingerprint density at radius 2 is 2.00 bits per heavy atom. The van der Waals surface area contributed by atoms with Crippen LogP contribution in [-0.4, -0.2) is 18.7 Å². The van der Waals surface area contributed by atoms with Gasteiger partial charge < -0.3 is 5.32 Å². The standard InChI is InChI=1S/C16H16ClN3O/c1-12-5-7-15(8-6-12)18-11-16(21)20-19-10-13-3-2-4-14(17)9-13/h2-10,18H,11H2,1H3,(H,20,21)/b19-10+. The van der Waals surface area contributed by atoms with Crippen molar-refractivity contribution in [2.75, 3.05) is 11.9 Å². The van der Waals surface area contributed by atoms with Crippen LogP contribution in [0.1, 0.15) is 11.1 Å². The Bertz CT molecular complexity index is 638. The van der Waals surface area contributed by atoms with E-state index in [1.807, 2.05) is 43.3 Å². The molecule has 2 aromatic carbocycles. The second kappa shape index (κ2) is 7.45. The molecular weight excluding hydrogens is 286 g/mol. The normalized spacial score (nSPS) is 10.6. The lowest BCUT2D eigenvalue weighted by atomic mass is 10.2. The number of hydrogen-bond acceptors (Lipinski definition) is 3. The molecule has 4 nitrogen and oxygen atoms in total. The molecule has 0 aliphatic rings. The van der Waals surface area contributed by atoms with E-state index < -0.39 is 0 Å². The lowest BCUT2D eigenvalue weighted by Gasteiger charge is -2.05. The average Bonchev–Trinajstić information content (AvgIpc) is 2.47. The Morgan fingerprint density at radius 3 is 2.71 bits per heavy atom. The van der Waals surface area contributed by atoms with Gasteiger partial charge in [0.2, 0.25) is 0 Å². The summed E-state index contributed by atoms with van der Waals surface area (Å²) in [5, 5.41) is 7.54. The molecule has 0 atom stereocenters. The molecular formula is C16H16ClN3O. The highest BCUT2D eigenvalue weighted by molar-refractivity contribution is 6.30. The Hall–Kier alpha value is -2.33. The van der Waals surface area contributed by atoms with Crippen LogP contribution >= 0.6 is 11.6 Å². The number of benzene rings is 2. The van der Waals surface area contributed by atoms with Crippen LogP contribution in [0.25, 0.3) is 0 Å². The zero-order valence-electron chi connectivity index (χ0n) is 11.6. The largest absolute Gasteiger partial charge is 0.376 e. The van der Waals surface area contributed by atoms with E-state index >= 15 is 0 Å². The third kappa shape index (κ3) is 5.28. The van der Waals surface area contributed by atoms with Gasteiger partial charge in [-0.25, -0.2) is 5.43 Å². The number of halogens is 1. The van der Waals surface area contributed by atoms with Crippen molar-refractivity contribution in [3.8, 4) is 0 Å². The van der Waals surface area contributed by atoms with Crippen molar-refractivity contribution < 1.29 is 4.79 Å². The lowest BCUT2D eigenvalue weighted by molar-refractivity contribution is -0.119. The summed E-state index contributed by atoms with van der Waals surface area (Å²) < 4.78 is 0. The van der Waals surface area contributed by atoms with E-state index in [1.165, 1.54) is 5.56 Å². The predicted molar refractivity (Wildman–Crippen MR) is 86.9 cm³/mol. The maximum atomic E-state index is 11.6. The van der Waals surface area contributed by atoms with Crippen LogP contribution in [0.4, 0.5) is 5.69 Å². The lowest BCUT2D eigenvalue weighted by Crippen LogP contribution is -2.25. The van der Waals surface area contributed by atoms with Gasteiger partial charge in [-0.1, -0.05) is 41.4 Å². The number of carbonyl (C=O) groups is 1. The van der Waals surface area contributed by atoms with Crippen LogP contribution < -0.4 is 10.7 Å². The second-order valence-electron chi connectivity index (χ2n) is 4.57. The van der Waals surface area contributed by atoms with Gasteiger partial charge >= 0.3 is 0 Å². The number of nitrogens with zero attached hydrogens (tertiary/aromatic N) is 1. The molecule has 0 aliphatic carbocycles. The summed E-state index contributed by atoms with van der Waals surface area (Å²) in [6.07, 6.45) is 1.55. The first-order valence-electron chi connectivity index (χ1n) is 6.51. The van der Waals surface area contributed by atoms with Crippen LogP contribution in [0.3, 0.4) is 0 Å². The summed E-state index contributed by atoms with van der Waals surface area (Å²) in [6.45, 7) is 2.18. The van der Waals surface area contributed by atoms with E-state index in [0.29, 0.717) is 5.02 Å². The molecule has 1 amide bonds. The highest BCUT2D eigenvalue weighted by Crippen LogP contribution is 2.09. The van der Waals surface area contributed by atoms with Crippen molar-refractivity contribution in [1.82, 2.24) is 5.43 Å². The molecule has 2 rings (SSSR count). The van der Waals surface area contributed by atoms with Gasteiger partial charge in [0.1, 0.15) is 0 Å². The summed E-state index contributed by atoms with van der Waals surface area (Å²) in [6, 6.07) is 15.0. The molecule has 0 heterocycles. The molecule has 21 heavy (non-hydrogen) atoms. The molecule has 0 saturated heterocycles. The first-order valence-corrected chi connectivity index (χ1v) is 6.89. The number of hydrazone groups is 1. The SMILES string of the molecule is Cc1ccc(NCC(=O)N/N=C/c2cccc(Cl)c2)cc1. The van der Waals surface area contributed by atoms with E-state index in [2.05, 4.69) is 15.8 Å². The van der Waals surface area contributed by atoms with Crippen molar-refractivity contribution in [2.45, 2.75) is 6.92 Å². The van der Waals surface area contributed by atoms with Gasteiger partial charge in [-0.15, -0.1) is 0 Å². The van der Waals surface area contributed by atoms with Crippen LogP contribution in [0.15, 0.2) is 53.6 Å². The maximum Gasteiger partial charge on any atom is 0.259 e. The van der Waals surface area contributed by atoms with Gasteiger partial charge in [-0.05, 0) is 36.8 Å². The van der Waals surface area contributed by atoms with Crippen LogP contribution in [-0.2, 0) is 4.79 Å². The molecule has 0 aliphatic heterocycles. The molecule has 0 bridgehead atoms. The zero-order chi connectivity index (χ0) is 15.1. The molecule has 0 unspecified atom stereocenters. The highest BCUT2D eigenvalue weighted by atomic mass is 35.5. The van der Waals surface area contributed by atoms with Gasteiger partial charge in [0, 0.05) is 10.7 Å². The Morgan fingerprint density at radius 1 is 1.24 bits per heavy atom. The minimum Gasteiger partial charge on any atom is -0.376 e. The number of nitrogens with one attached hydrogen (secondary N) is 2. The first kappa shape index (κ1) is 15.1. The third-order valence-electron chi connectivity index (χ3n) is 2.76. The molecule has 2 N–H and O–H groups in total. The van der Waals surface area contributed by atoms with Crippen molar-refractivity contribution in [3.63, 3.8) is 0 Å². The van der Waals surface area contributed by atoms with E-state index in [0.717, 1.165) is 11.3 Å². The minimum atomic E-state index is -0.214. The number of amides is 1. The van der Waals surface area contributed by atoms with Gasteiger partial charge in [-0.3, -0.25) is 4.79 Å². The Kier molecular flexibility index (Phi) is 5.35. The number of aryl methyl sites for hydroxylation is 1. The van der Waals surface area contributed by atoms with Gasteiger partial charge in [-0.2, -0.15) is 5.10 Å². The Labute approximate surface area is 128 Å². The molecule has 5 heteroatoms. The molecule has 0 fully saturated rings. The zero-order valence-corrected chi connectivity index (χ0v) is 12.4. The summed E-state index contributed by atoms with van der Waals surface area (Å²) >= 11 is 5.86. The molecule has 2 aromatic rings. The third-order valence-corrected chi connectivity index (χ3v) is 2.99. The van der Waals surface area contributed by atoms with Gasteiger partial charge in [0.15, 0.2) is 0 Å². The van der Waals surface area contributed by atoms with E-state index in [1.54, 1.807) is 18.3 Å². The van der Waals surface area contributed by atoms with Gasteiger partial charge in [0.05, 0.1) is 12.8 Å². The fourth-order valence-corrected chi connectivity index (χ4v) is 1.86. The molecule has 0 aromatic heterocycles. The topological polar surface area (TPSA) is 53.5 Å². The van der Waals surface area contributed by atoms with Crippen molar-refractivity contribution in [3.05, 3.63) is 64.7 Å². The summed E-state index contributed by atoms with van der Waals surface area (Å²) in [5.41, 5.74) is 5.36. The number of hydrogen-bond donors (Lipinski definition) is 2. The van der Waals surface area contributed by atoms with Crippen molar-refractivity contribution in [2.24, 2.45) is 5.10 Å². The average molecular weight is 302 g/mol.